The second kappa shape index (κ2) is 3.77. The van der Waals surface area contributed by atoms with Crippen molar-refractivity contribution in [2.75, 3.05) is 0 Å². The first-order valence-corrected chi connectivity index (χ1v) is 4.48. The normalized spacial score (nSPS) is 34.1. The van der Waals surface area contributed by atoms with Crippen molar-refractivity contribution in [3.05, 3.63) is 0 Å². The SMILES string of the molecule is C[C@@H]1CC[C@H](C(=O)O)[C@H](C(=O)O)C1. The third-order valence-corrected chi connectivity index (χ3v) is 2.75. The van der Waals surface area contributed by atoms with E-state index in [2.05, 4.69) is 0 Å². The summed E-state index contributed by atoms with van der Waals surface area (Å²) in [5.41, 5.74) is 0. The van der Waals surface area contributed by atoms with Gasteiger partial charge in [0, 0.05) is 0 Å². The van der Waals surface area contributed by atoms with Gasteiger partial charge in [-0.25, -0.2) is 0 Å². The van der Waals surface area contributed by atoms with E-state index >= 15 is 0 Å². The summed E-state index contributed by atoms with van der Waals surface area (Å²) in [5, 5.41) is 17.6. The molecule has 0 aromatic heterocycles. The van der Waals surface area contributed by atoms with Crippen molar-refractivity contribution in [3.63, 3.8) is 0 Å². The first kappa shape index (κ1) is 10.0. The summed E-state index contributed by atoms with van der Waals surface area (Å²) < 4.78 is 0. The third kappa shape index (κ3) is 2.20. The lowest BCUT2D eigenvalue weighted by molar-refractivity contribution is -0.156. The van der Waals surface area contributed by atoms with Crippen LogP contribution in [0.25, 0.3) is 0 Å². The minimum absolute atomic E-state index is 0.330. The summed E-state index contributed by atoms with van der Waals surface area (Å²) in [7, 11) is 0. The van der Waals surface area contributed by atoms with Crippen LogP contribution in [0.1, 0.15) is 26.2 Å². The van der Waals surface area contributed by atoms with Crippen molar-refractivity contribution in [3.8, 4) is 0 Å². The van der Waals surface area contributed by atoms with E-state index in [0.29, 0.717) is 18.8 Å². The van der Waals surface area contributed by atoms with E-state index in [4.69, 9.17) is 10.2 Å². The Hall–Kier alpha value is -1.06. The molecule has 0 aromatic carbocycles. The molecule has 0 unspecified atom stereocenters. The first-order chi connectivity index (χ1) is 6.02. The van der Waals surface area contributed by atoms with Crippen molar-refractivity contribution < 1.29 is 19.8 Å². The Balaban J connectivity index is 2.72. The summed E-state index contributed by atoms with van der Waals surface area (Å²) in [5.74, 6) is -3.00. The summed E-state index contributed by atoms with van der Waals surface area (Å²) in [6.07, 6.45) is 1.81. The number of rotatable bonds is 2. The topological polar surface area (TPSA) is 74.6 Å². The predicted octanol–water partition coefficient (Wildman–Crippen LogP) is 1.21. The highest BCUT2D eigenvalue weighted by Gasteiger charge is 2.37. The Morgan fingerprint density at radius 1 is 1.08 bits per heavy atom. The van der Waals surface area contributed by atoms with Crippen molar-refractivity contribution >= 4 is 11.9 Å². The van der Waals surface area contributed by atoms with Gasteiger partial charge in [-0.05, 0) is 25.2 Å². The monoisotopic (exact) mass is 186 g/mol. The molecule has 1 fully saturated rings. The van der Waals surface area contributed by atoms with Gasteiger partial charge < -0.3 is 10.2 Å². The number of hydrogen-bond acceptors (Lipinski definition) is 2. The Kier molecular flexibility index (Phi) is 2.90. The van der Waals surface area contributed by atoms with Crippen LogP contribution in [0, 0.1) is 17.8 Å². The van der Waals surface area contributed by atoms with Crippen molar-refractivity contribution in [1.29, 1.82) is 0 Å². The van der Waals surface area contributed by atoms with Gasteiger partial charge in [0.05, 0.1) is 11.8 Å². The Morgan fingerprint density at radius 3 is 2.08 bits per heavy atom. The molecule has 1 aliphatic carbocycles. The summed E-state index contributed by atoms with van der Waals surface area (Å²) >= 11 is 0. The number of aliphatic carboxylic acids is 2. The standard InChI is InChI=1S/C9H14O4/c1-5-2-3-6(8(10)11)7(4-5)9(12)13/h5-7H,2-4H2,1H3,(H,10,11)(H,12,13)/t5-,6+,7-/m1/s1. The van der Waals surface area contributed by atoms with Gasteiger partial charge in [0.1, 0.15) is 0 Å². The van der Waals surface area contributed by atoms with E-state index in [9.17, 15) is 9.59 Å². The highest BCUT2D eigenvalue weighted by molar-refractivity contribution is 5.80. The van der Waals surface area contributed by atoms with Gasteiger partial charge in [0.2, 0.25) is 0 Å². The molecule has 3 atom stereocenters. The second-order valence-corrected chi connectivity index (χ2v) is 3.81. The smallest absolute Gasteiger partial charge is 0.307 e. The maximum absolute atomic E-state index is 10.8. The van der Waals surface area contributed by atoms with E-state index in [-0.39, 0.29) is 0 Å². The number of carboxylic acid groups (broad SMARTS) is 2. The molecule has 0 spiro atoms. The van der Waals surface area contributed by atoms with Crippen LogP contribution in [-0.2, 0) is 9.59 Å². The molecule has 0 aromatic rings. The maximum atomic E-state index is 10.8. The van der Waals surface area contributed by atoms with E-state index in [0.717, 1.165) is 6.42 Å². The van der Waals surface area contributed by atoms with E-state index in [1.54, 1.807) is 0 Å². The largest absolute Gasteiger partial charge is 0.481 e. The number of hydrogen-bond donors (Lipinski definition) is 2. The first-order valence-electron chi connectivity index (χ1n) is 4.48. The highest BCUT2D eigenvalue weighted by atomic mass is 16.4. The van der Waals surface area contributed by atoms with Gasteiger partial charge in [-0.1, -0.05) is 6.92 Å². The van der Waals surface area contributed by atoms with Gasteiger partial charge >= 0.3 is 11.9 Å². The van der Waals surface area contributed by atoms with Gasteiger partial charge in [0.25, 0.3) is 0 Å². The van der Waals surface area contributed by atoms with Crippen LogP contribution < -0.4 is 0 Å². The second-order valence-electron chi connectivity index (χ2n) is 3.81. The fourth-order valence-electron chi connectivity index (χ4n) is 1.95. The molecule has 0 heterocycles. The molecular weight excluding hydrogens is 172 g/mol. The minimum atomic E-state index is -0.973. The summed E-state index contributed by atoms with van der Waals surface area (Å²) in [4.78, 5) is 21.5. The lowest BCUT2D eigenvalue weighted by atomic mass is 9.75. The van der Waals surface area contributed by atoms with Crippen LogP contribution in [0.2, 0.25) is 0 Å². The molecular formula is C9H14O4. The minimum Gasteiger partial charge on any atom is -0.481 e. The van der Waals surface area contributed by atoms with Gasteiger partial charge in [-0.3, -0.25) is 9.59 Å². The zero-order valence-corrected chi connectivity index (χ0v) is 7.56. The molecule has 2 N–H and O–H groups in total. The predicted molar refractivity (Wildman–Crippen MR) is 45.3 cm³/mol. The Morgan fingerprint density at radius 2 is 1.62 bits per heavy atom. The molecule has 74 valence electrons. The van der Waals surface area contributed by atoms with Gasteiger partial charge in [0.15, 0.2) is 0 Å². The lowest BCUT2D eigenvalue weighted by Gasteiger charge is -2.29. The van der Waals surface area contributed by atoms with E-state index in [1.807, 2.05) is 6.92 Å². The maximum Gasteiger partial charge on any atom is 0.307 e. The van der Waals surface area contributed by atoms with Crippen molar-refractivity contribution in [2.45, 2.75) is 26.2 Å². The van der Waals surface area contributed by atoms with Crippen molar-refractivity contribution in [2.24, 2.45) is 17.8 Å². The quantitative estimate of drug-likeness (QED) is 0.679. The average Bonchev–Trinajstić information content (AvgIpc) is 2.03. The summed E-state index contributed by atoms with van der Waals surface area (Å²) in [6.45, 7) is 1.97. The van der Waals surface area contributed by atoms with Crippen molar-refractivity contribution in [1.82, 2.24) is 0 Å². The molecule has 4 heteroatoms. The van der Waals surface area contributed by atoms with E-state index < -0.39 is 23.8 Å². The molecule has 1 rings (SSSR count). The number of carbonyl (C=O) groups is 2. The van der Waals surface area contributed by atoms with Crippen LogP contribution in [0.5, 0.6) is 0 Å². The molecule has 0 bridgehead atoms. The lowest BCUT2D eigenvalue weighted by Crippen LogP contribution is -2.34. The van der Waals surface area contributed by atoms with E-state index in [1.165, 1.54) is 0 Å². The van der Waals surface area contributed by atoms with Crippen LogP contribution in [0.15, 0.2) is 0 Å². The average molecular weight is 186 g/mol. The zero-order valence-electron chi connectivity index (χ0n) is 7.56. The van der Waals surface area contributed by atoms with Crippen LogP contribution in [0.3, 0.4) is 0 Å². The fraction of sp³-hybridized carbons (Fsp3) is 0.778. The zero-order chi connectivity index (χ0) is 10.0. The molecule has 1 aliphatic rings. The number of carboxylic acids is 2. The molecule has 13 heavy (non-hydrogen) atoms. The highest BCUT2D eigenvalue weighted by Crippen LogP contribution is 2.33. The Labute approximate surface area is 76.6 Å². The van der Waals surface area contributed by atoms with Gasteiger partial charge in [-0.2, -0.15) is 0 Å². The van der Waals surface area contributed by atoms with Gasteiger partial charge in [-0.15, -0.1) is 0 Å². The fourth-order valence-corrected chi connectivity index (χ4v) is 1.95. The van der Waals surface area contributed by atoms with Crippen LogP contribution >= 0.6 is 0 Å². The van der Waals surface area contributed by atoms with Crippen LogP contribution in [0.4, 0.5) is 0 Å². The Bertz CT molecular complexity index is 224. The molecule has 0 radical (unpaired) electrons. The molecule has 0 aliphatic heterocycles. The van der Waals surface area contributed by atoms with Crippen LogP contribution in [-0.4, -0.2) is 22.2 Å². The molecule has 4 nitrogen and oxygen atoms in total. The third-order valence-electron chi connectivity index (χ3n) is 2.75. The molecule has 0 saturated heterocycles. The summed E-state index contributed by atoms with van der Waals surface area (Å²) in [6, 6.07) is 0. The molecule has 0 amide bonds. The molecule has 1 saturated carbocycles.